The minimum Gasteiger partial charge on any atom is -0.440 e. The lowest BCUT2D eigenvalue weighted by Gasteiger charge is -1.96. The second-order valence-electron chi connectivity index (χ2n) is 5.02. The number of rotatable bonds is 1. The number of nitrogens with two attached hydrogens (primary N) is 1. The van der Waals surface area contributed by atoms with E-state index in [0.717, 1.165) is 29.1 Å². The largest absolute Gasteiger partial charge is 0.440 e. The third-order valence-corrected chi connectivity index (χ3v) is 3.24. The molecular weight excluding hydrogens is 188 g/mol. The molecule has 2 aromatic rings. The van der Waals surface area contributed by atoms with Crippen LogP contribution in [-0.4, -0.2) is 4.98 Å². The zero-order valence-electron chi connectivity index (χ0n) is 8.95. The number of hydrogen-bond acceptors (Lipinski definition) is 3. The molecule has 2 N–H and O–H groups in total. The predicted molar refractivity (Wildman–Crippen MR) is 59.6 cm³/mol. The number of nitrogens with zero attached hydrogens (tertiary/aromatic N) is 1. The first-order valence-electron chi connectivity index (χ1n) is 5.22. The number of aromatic nitrogens is 1. The lowest BCUT2D eigenvalue weighted by atomic mass is 10.1. The molecule has 0 radical (unpaired) electrons. The van der Waals surface area contributed by atoms with Crippen molar-refractivity contribution in [3.8, 4) is 0 Å². The summed E-state index contributed by atoms with van der Waals surface area (Å²) in [6.45, 7) is 4.47. The Morgan fingerprint density at radius 3 is 2.87 bits per heavy atom. The van der Waals surface area contributed by atoms with Crippen LogP contribution < -0.4 is 5.73 Å². The fourth-order valence-electron chi connectivity index (χ4n) is 2.00. The Bertz CT molecular complexity index is 527. The molecule has 1 aliphatic carbocycles. The van der Waals surface area contributed by atoms with Crippen molar-refractivity contribution in [2.24, 2.45) is 5.41 Å². The summed E-state index contributed by atoms with van der Waals surface area (Å²) in [7, 11) is 0. The number of fused-ring (bicyclic) bond motifs is 1. The van der Waals surface area contributed by atoms with Gasteiger partial charge in [0.2, 0.25) is 0 Å². The first-order valence-corrected chi connectivity index (χ1v) is 5.22. The monoisotopic (exact) mass is 202 g/mol. The highest BCUT2D eigenvalue weighted by molar-refractivity contribution is 5.76. The Hall–Kier alpha value is -1.51. The normalized spacial score (nSPS) is 23.2. The molecule has 1 unspecified atom stereocenters. The minimum absolute atomic E-state index is 0.354. The van der Waals surface area contributed by atoms with E-state index < -0.39 is 0 Å². The summed E-state index contributed by atoms with van der Waals surface area (Å²) in [5.41, 5.74) is 8.49. The van der Waals surface area contributed by atoms with Crippen molar-refractivity contribution in [3.05, 3.63) is 24.1 Å². The van der Waals surface area contributed by atoms with Gasteiger partial charge in [-0.15, -0.1) is 0 Å². The molecule has 0 saturated heterocycles. The number of benzene rings is 1. The van der Waals surface area contributed by atoms with E-state index in [2.05, 4.69) is 18.8 Å². The first-order chi connectivity index (χ1) is 7.06. The van der Waals surface area contributed by atoms with Gasteiger partial charge in [0.15, 0.2) is 11.5 Å². The quantitative estimate of drug-likeness (QED) is 0.723. The minimum atomic E-state index is 0.354. The van der Waals surface area contributed by atoms with Crippen LogP contribution in [0, 0.1) is 5.41 Å². The van der Waals surface area contributed by atoms with Crippen molar-refractivity contribution in [1.29, 1.82) is 0 Å². The van der Waals surface area contributed by atoms with Crippen molar-refractivity contribution in [1.82, 2.24) is 4.98 Å². The Morgan fingerprint density at radius 1 is 1.47 bits per heavy atom. The van der Waals surface area contributed by atoms with Crippen LogP contribution in [0.4, 0.5) is 5.69 Å². The molecule has 1 atom stereocenters. The van der Waals surface area contributed by atoms with E-state index in [-0.39, 0.29) is 0 Å². The average molecular weight is 202 g/mol. The molecule has 0 bridgehead atoms. The van der Waals surface area contributed by atoms with Gasteiger partial charge in [-0.2, -0.15) is 0 Å². The molecule has 1 aromatic carbocycles. The van der Waals surface area contributed by atoms with Gasteiger partial charge in [0, 0.05) is 11.6 Å². The maximum absolute atomic E-state index is 5.72. The van der Waals surface area contributed by atoms with Gasteiger partial charge in [-0.1, -0.05) is 13.8 Å². The van der Waals surface area contributed by atoms with Crippen LogP contribution in [0.2, 0.25) is 0 Å². The molecule has 3 nitrogen and oxygen atoms in total. The highest BCUT2D eigenvalue weighted by Gasteiger charge is 2.49. The van der Waals surface area contributed by atoms with Crippen molar-refractivity contribution >= 4 is 16.8 Å². The Labute approximate surface area is 88.3 Å². The number of anilines is 1. The molecule has 0 aliphatic heterocycles. The molecule has 3 rings (SSSR count). The fraction of sp³-hybridized carbons (Fsp3) is 0.417. The van der Waals surface area contributed by atoms with Gasteiger partial charge >= 0.3 is 0 Å². The van der Waals surface area contributed by atoms with Gasteiger partial charge in [-0.3, -0.25) is 0 Å². The summed E-state index contributed by atoms with van der Waals surface area (Å²) in [6.07, 6.45) is 1.16. The Morgan fingerprint density at radius 2 is 2.20 bits per heavy atom. The molecule has 0 amide bonds. The molecule has 1 heterocycles. The second kappa shape index (κ2) is 2.54. The molecule has 1 fully saturated rings. The maximum atomic E-state index is 5.72. The van der Waals surface area contributed by atoms with Crippen LogP contribution in [0.3, 0.4) is 0 Å². The fourth-order valence-corrected chi connectivity index (χ4v) is 2.00. The lowest BCUT2D eigenvalue weighted by molar-refractivity contribution is 0.493. The van der Waals surface area contributed by atoms with Gasteiger partial charge in [-0.25, -0.2) is 4.98 Å². The zero-order chi connectivity index (χ0) is 10.6. The summed E-state index contributed by atoms with van der Waals surface area (Å²) in [5, 5.41) is 0. The van der Waals surface area contributed by atoms with Crippen LogP contribution in [0.1, 0.15) is 32.1 Å². The first kappa shape index (κ1) is 8.77. The summed E-state index contributed by atoms with van der Waals surface area (Å²) in [5.74, 6) is 1.34. The molecule has 1 aromatic heterocycles. The SMILES string of the molecule is CC1(C)CC1c1nc2cc(N)ccc2o1. The number of oxazole rings is 1. The Balaban J connectivity index is 2.08. The molecule has 3 heteroatoms. The van der Waals surface area contributed by atoms with Gasteiger partial charge in [-0.05, 0) is 30.0 Å². The lowest BCUT2D eigenvalue weighted by Crippen LogP contribution is -1.89. The van der Waals surface area contributed by atoms with Gasteiger partial charge in [0.05, 0.1) is 0 Å². The van der Waals surface area contributed by atoms with Crippen LogP contribution in [0.5, 0.6) is 0 Å². The number of hydrogen-bond donors (Lipinski definition) is 1. The summed E-state index contributed by atoms with van der Waals surface area (Å²) < 4.78 is 5.72. The van der Waals surface area contributed by atoms with Crippen LogP contribution in [0.15, 0.2) is 22.6 Å². The highest BCUT2D eigenvalue weighted by atomic mass is 16.3. The number of nitrogen functional groups attached to an aromatic ring is 1. The maximum Gasteiger partial charge on any atom is 0.199 e. The third kappa shape index (κ3) is 1.30. The summed E-state index contributed by atoms with van der Waals surface area (Å²) in [6, 6.07) is 5.59. The standard InChI is InChI=1S/C12H14N2O/c1-12(2)6-8(12)11-14-9-5-7(13)3-4-10(9)15-11/h3-5,8H,6,13H2,1-2H3. The molecule has 1 aliphatic rings. The van der Waals surface area contributed by atoms with Crippen molar-refractivity contribution in [2.75, 3.05) is 5.73 Å². The Kier molecular flexibility index (Phi) is 1.48. The van der Waals surface area contributed by atoms with Crippen molar-refractivity contribution in [2.45, 2.75) is 26.2 Å². The van der Waals surface area contributed by atoms with Gasteiger partial charge < -0.3 is 10.2 Å². The van der Waals surface area contributed by atoms with E-state index in [0.29, 0.717) is 11.3 Å². The van der Waals surface area contributed by atoms with Crippen LogP contribution in [0.25, 0.3) is 11.1 Å². The summed E-state index contributed by atoms with van der Waals surface area (Å²) >= 11 is 0. The second-order valence-corrected chi connectivity index (χ2v) is 5.02. The molecule has 15 heavy (non-hydrogen) atoms. The molecular formula is C12H14N2O. The van der Waals surface area contributed by atoms with Crippen molar-refractivity contribution in [3.63, 3.8) is 0 Å². The average Bonchev–Trinajstić information content (AvgIpc) is 2.63. The van der Waals surface area contributed by atoms with E-state index in [1.807, 2.05) is 18.2 Å². The van der Waals surface area contributed by atoms with E-state index in [1.54, 1.807) is 0 Å². The van der Waals surface area contributed by atoms with E-state index >= 15 is 0 Å². The zero-order valence-corrected chi connectivity index (χ0v) is 8.95. The van der Waals surface area contributed by atoms with E-state index in [4.69, 9.17) is 10.2 Å². The van der Waals surface area contributed by atoms with Gasteiger partial charge in [0.1, 0.15) is 5.52 Å². The van der Waals surface area contributed by atoms with Crippen molar-refractivity contribution < 1.29 is 4.42 Å². The molecule has 78 valence electrons. The smallest absolute Gasteiger partial charge is 0.199 e. The van der Waals surface area contributed by atoms with E-state index in [9.17, 15) is 0 Å². The molecule has 1 saturated carbocycles. The predicted octanol–water partition coefficient (Wildman–Crippen LogP) is 2.92. The van der Waals surface area contributed by atoms with Crippen LogP contribution in [-0.2, 0) is 0 Å². The van der Waals surface area contributed by atoms with Gasteiger partial charge in [0.25, 0.3) is 0 Å². The van der Waals surface area contributed by atoms with Crippen LogP contribution >= 0.6 is 0 Å². The third-order valence-electron chi connectivity index (χ3n) is 3.24. The molecule has 0 spiro atoms. The van der Waals surface area contributed by atoms with E-state index in [1.165, 1.54) is 0 Å². The highest BCUT2D eigenvalue weighted by Crippen LogP contribution is 2.58. The topological polar surface area (TPSA) is 52.0 Å². The summed E-state index contributed by atoms with van der Waals surface area (Å²) in [4.78, 5) is 4.48.